The maximum atomic E-state index is 12.0. The Labute approximate surface area is 117 Å². The van der Waals surface area contributed by atoms with Crippen LogP contribution in [0.3, 0.4) is 0 Å². The Hall–Kier alpha value is -1.78. The first-order chi connectivity index (χ1) is 9.22. The summed E-state index contributed by atoms with van der Waals surface area (Å²) in [6, 6.07) is 9.15. The average molecular weight is 274 g/mol. The molecule has 2 rings (SSSR count). The zero-order chi connectivity index (χ0) is 13.7. The third-order valence-corrected chi connectivity index (χ3v) is 3.22. The number of benzene rings is 1. The van der Waals surface area contributed by atoms with E-state index in [9.17, 15) is 9.90 Å². The molecule has 1 N–H and O–H groups in total. The number of ether oxygens (including phenoxy) is 1. The molecule has 0 fully saturated rings. The summed E-state index contributed by atoms with van der Waals surface area (Å²) in [6.45, 7) is -0.255. The molecular formula is C15H14O3S. The highest BCUT2D eigenvalue weighted by molar-refractivity contribution is 7.80. The van der Waals surface area contributed by atoms with Crippen molar-refractivity contribution in [3.8, 4) is 0 Å². The molecule has 98 valence electrons. The highest BCUT2D eigenvalue weighted by atomic mass is 32.1. The molecule has 0 saturated heterocycles. The molecule has 4 heteroatoms. The van der Waals surface area contributed by atoms with Crippen LogP contribution in [0, 0.1) is 5.92 Å². The van der Waals surface area contributed by atoms with Crippen molar-refractivity contribution in [1.82, 2.24) is 0 Å². The number of hydrogen-bond donors (Lipinski definition) is 1. The summed E-state index contributed by atoms with van der Waals surface area (Å²) in [6.07, 6.45) is 6.29. The van der Waals surface area contributed by atoms with Crippen molar-refractivity contribution in [2.45, 2.75) is 6.10 Å². The van der Waals surface area contributed by atoms with Crippen molar-refractivity contribution >= 4 is 23.1 Å². The highest BCUT2D eigenvalue weighted by Gasteiger charge is 2.25. The number of aliphatic hydroxyl groups is 1. The van der Waals surface area contributed by atoms with Gasteiger partial charge in [0.15, 0.2) is 0 Å². The number of allylic oxidation sites excluding steroid dienone is 3. The van der Waals surface area contributed by atoms with Gasteiger partial charge < -0.3 is 9.84 Å². The van der Waals surface area contributed by atoms with Gasteiger partial charge in [-0.3, -0.25) is 4.79 Å². The lowest BCUT2D eigenvalue weighted by molar-refractivity contribution is -0.152. The smallest absolute Gasteiger partial charge is 0.318 e. The van der Waals surface area contributed by atoms with Gasteiger partial charge in [-0.1, -0.05) is 60.8 Å². The zero-order valence-electron chi connectivity index (χ0n) is 10.2. The van der Waals surface area contributed by atoms with E-state index in [0.29, 0.717) is 4.86 Å². The van der Waals surface area contributed by atoms with Crippen LogP contribution in [0.15, 0.2) is 54.6 Å². The number of carbonyl (C=O) groups excluding carboxylic acids is 1. The molecule has 0 heterocycles. The van der Waals surface area contributed by atoms with Crippen LogP contribution in [0.2, 0.25) is 0 Å². The lowest BCUT2D eigenvalue weighted by Crippen LogP contribution is -2.26. The molecule has 2 unspecified atom stereocenters. The zero-order valence-corrected chi connectivity index (χ0v) is 11.0. The molecule has 1 aromatic carbocycles. The Bertz CT molecular complexity index is 519. The summed E-state index contributed by atoms with van der Waals surface area (Å²) in [7, 11) is 0. The lowest BCUT2D eigenvalue weighted by Gasteiger charge is -2.19. The second-order valence-electron chi connectivity index (χ2n) is 4.14. The third-order valence-electron chi connectivity index (χ3n) is 2.83. The molecule has 1 aromatic rings. The van der Waals surface area contributed by atoms with Crippen LogP contribution in [0.1, 0.15) is 11.7 Å². The van der Waals surface area contributed by atoms with Crippen LogP contribution >= 0.6 is 12.2 Å². The quantitative estimate of drug-likeness (QED) is 0.676. The van der Waals surface area contributed by atoms with Crippen LogP contribution in [0.4, 0.5) is 0 Å². The summed E-state index contributed by atoms with van der Waals surface area (Å²) in [5, 5.41) is 9.35. The SMILES string of the molecule is O=C(OC(CO)c1ccccc1)C1C=CC=CC1=S. The van der Waals surface area contributed by atoms with Crippen molar-refractivity contribution < 1.29 is 14.6 Å². The van der Waals surface area contributed by atoms with Crippen molar-refractivity contribution in [3.05, 3.63) is 60.2 Å². The van der Waals surface area contributed by atoms with Crippen LogP contribution in [-0.2, 0) is 9.53 Å². The molecular weight excluding hydrogens is 260 g/mol. The Morgan fingerprint density at radius 2 is 2.05 bits per heavy atom. The van der Waals surface area contributed by atoms with Crippen molar-refractivity contribution in [2.24, 2.45) is 5.92 Å². The predicted octanol–water partition coefficient (Wildman–Crippen LogP) is 2.38. The van der Waals surface area contributed by atoms with Crippen molar-refractivity contribution in [3.63, 3.8) is 0 Å². The number of thiocarbonyl (C=S) groups is 1. The van der Waals surface area contributed by atoms with E-state index in [-0.39, 0.29) is 6.61 Å². The van der Waals surface area contributed by atoms with Crippen LogP contribution in [0.25, 0.3) is 0 Å². The summed E-state index contributed by atoms with van der Waals surface area (Å²) in [5.74, 6) is -0.980. The topological polar surface area (TPSA) is 46.5 Å². The Kier molecular flexibility index (Phi) is 4.60. The van der Waals surface area contributed by atoms with Crippen molar-refractivity contribution in [2.75, 3.05) is 6.61 Å². The van der Waals surface area contributed by atoms with Gasteiger partial charge in [0.05, 0.1) is 6.61 Å². The molecule has 0 saturated carbocycles. The van der Waals surface area contributed by atoms with Gasteiger partial charge in [-0.25, -0.2) is 0 Å². The first-order valence-corrected chi connectivity index (χ1v) is 6.38. The maximum absolute atomic E-state index is 12.0. The molecule has 1 aliphatic carbocycles. The Balaban J connectivity index is 2.07. The fourth-order valence-corrected chi connectivity index (χ4v) is 2.06. The van der Waals surface area contributed by atoms with E-state index in [1.165, 1.54) is 0 Å². The van der Waals surface area contributed by atoms with Crippen molar-refractivity contribution in [1.29, 1.82) is 0 Å². The molecule has 0 spiro atoms. The summed E-state index contributed by atoms with van der Waals surface area (Å²) < 4.78 is 5.33. The minimum atomic E-state index is -0.657. The lowest BCUT2D eigenvalue weighted by atomic mass is 10.0. The maximum Gasteiger partial charge on any atom is 0.318 e. The monoisotopic (exact) mass is 274 g/mol. The molecule has 0 radical (unpaired) electrons. The minimum absolute atomic E-state index is 0.255. The van der Waals surface area contributed by atoms with E-state index < -0.39 is 18.0 Å². The molecule has 0 amide bonds. The first-order valence-electron chi connectivity index (χ1n) is 5.97. The normalized spacial score (nSPS) is 19.2. The number of rotatable bonds is 4. The van der Waals surface area contributed by atoms with E-state index in [4.69, 9.17) is 17.0 Å². The fourth-order valence-electron chi connectivity index (χ4n) is 1.81. The summed E-state index contributed by atoms with van der Waals surface area (Å²) in [4.78, 5) is 12.6. The van der Waals surface area contributed by atoms with Gasteiger partial charge in [0, 0.05) is 4.86 Å². The van der Waals surface area contributed by atoms with Gasteiger partial charge in [-0.2, -0.15) is 0 Å². The highest BCUT2D eigenvalue weighted by Crippen LogP contribution is 2.20. The molecule has 3 nitrogen and oxygen atoms in total. The van der Waals surface area contributed by atoms with Gasteiger partial charge in [-0.05, 0) is 11.6 Å². The number of hydrogen-bond acceptors (Lipinski definition) is 4. The second-order valence-corrected chi connectivity index (χ2v) is 4.61. The van der Waals surface area contributed by atoms with E-state index in [2.05, 4.69) is 0 Å². The molecule has 0 aromatic heterocycles. The molecule has 0 aliphatic heterocycles. The number of esters is 1. The average Bonchev–Trinajstić information content (AvgIpc) is 2.46. The van der Waals surface area contributed by atoms with Crippen LogP contribution in [-0.4, -0.2) is 22.5 Å². The van der Waals surface area contributed by atoms with Gasteiger partial charge in [0.1, 0.15) is 12.0 Å². The number of aliphatic hydroxyl groups excluding tert-OH is 1. The van der Waals surface area contributed by atoms with E-state index in [0.717, 1.165) is 5.56 Å². The third kappa shape index (κ3) is 3.36. The first kappa shape index (κ1) is 13.6. The molecule has 2 atom stereocenters. The largest absolute Gasteiger partial charge is 0.454 e. The fraction of sp³-hybridized carbons (Fsp3) is 0.200. The predicted molar refractivity (Wildman–Crippen MR) is 76.7 cm³/mol. The van der Waals surface area contributed by atoms with Crippen LogP contribution in [0.5, 0.6) is 0 Å². The summed E-state index contributed by atoms with van der Waals surface area (Å²) >= 11 is 5.11. The molecule has 1 aliphatic rings. The number of carbonyl (C=O) groups is 1. The summed E-state index contributed by atoms with van der Waals surface area (Å²) in [5.41, 5.74) is 0.764. The minimum Gasteiger partial charge on any atom is -0.454 e. The van der Waals surface area contributed by atoms with Crippen LogP contribution < -0.4 is 0 Å². The second kappa shape index (κ2) is 6.41. The van der Waals surface area contributed by atoms with E-state index >= 15 is 0 Å². The van der Waals surface area contributed by atoms with Gasteiger partial charge >= 0.3 is 5.97 Å². The van der Waals surface area contributed by atoms with E-state index in [1.807, 2.05) is 30.3 Å². The van der Waals surface area contributed by atoms with Gasteiger partial charge in [0.2, 0.25) is 0 Å². The Morgan fingerprint density at radius 1 is 1.32 bits per heavy atom. The Morgan fingerprint density at radius 3 is 2.68 bits per heavy atom. The molecule has 0 bridgehead atoms. The molecule has 19 heavy (non-hydrogen) atoms. The van der Waals surface area contributed by atoms with Gasteiger partial charge in [-0.15, -0.1) is 0 Å². The van der Waals surface area contributed by atoms with Gasteiger partial charge in [0.25, 0.3) is 0 Å². The van der Waals surface area contributed by atoms with E-state index in [1.54, 1.807) is 24.3 Å². The standard InChI is InChI=1S/C15H14O3S/c16-10-13(11-6-2-1-3-7-11)18-15(17)12-8-4-5-9-14(12)19/h1-9,12-13,16H,10H2.